The van der Waals surface area contributed by atoms with E-state index in [0.29, 0.717) is 5.82 Å². The number of carbonyl (C=O) groups is 1. The molecule has 1 unspecified atom stereocenters. The van der Waals surface area contributed by atoms with Crippen LogP contribution in [0.15, 0.2) is 42.7 Å². The summed E-state index contributed by atoms with van der Waals surface area (Å²) in [6, 6.07) is 9.26. The lowest BCUT2D eigenvalue weighted by atomic mass is 10.1. The summed E-state index contributed by atoms with van der Waals surface area (Å²) in [5.41, 5.74) is 1.80. The highest BCUT2D eigenvalue weighted by atomic mass is 32.1. The zero-order chi connectivity index (χ0) is 11.4. The minimum atomic E-state index is -0.370. The molecular weight excluding hydrogens is 220 g/mol. The number of aldehydes is 1. The number of carbonyl (C=O) groups excluding carboxylic acids is 1. The first-order chi connectivity index (χ1) is 7.81. The van der Waals surface area contributed by atoms with Gasteiger partial charge in [0.1, 0.15) is 6.29 Å². The summed E-state index contributed by atoms with van der Waals surface area (Å²) in [6.45, 7) is 0. The van der Waals surface area contributed by atoms with Crippen LogP contribution in [0, 0.1) is 0 Å². The first-order valence-electron chi connectivity index (χ1n) is 4.82. The molecule has 0 saturated heterocycles. The largest absolute Gasteiger partial charge is 0.302 e. The van der Waals surface area contributed by atoms with Gasteiger partial charge in [-0.25, -0.2) is 9.97 Å². The van der Waals surface area contributed by atoms with Crippen LogP contribution >= 0.6 is 12.6 Å². The zero-order valence-corrected chi connectivity index (χ0v) is 9.34. The topological polar surface area (TPSA) is 42.9 Å². The summed E-state index contributed by atoms with van der Waals surface area (Å²) >= 11 is 4.14. The van der Waals surface area contributed by atoms with E-state index in [1.807, 2.05) is 24.3 Å². The van der Waals surface area contributed by atoms with Crippen molar-refractivity contribution in [3.05, 3.63) is 48.3 Å². The summed E-state index contributed by atoms with van der Waals surface area (Å²) in [4.78, 5) is 18.8. The van der Waals surface area contributed by atoms with Crippen LogP contribution in [0.3, 0.4) is 0 Å². The highest BCUT2D eigenvalue weighted by molar-refractivity contribution is 7.81. The molecule has 0 N–H and O–H groups in total. The number of nitrogens with zero attached hydrogens (tertiary/aromatic N) is 2. The van der Waals surface area contributed by atoms with Gasteiger partial charge in [-0.05, 0) is 11.6 Å². The van der Waals surface area contributed by atoms with Gasteiger partial charge < -0.3 is 4.79 Å². The van der Waals surface area contributed by atoms with Crippen molar-refractivity contribution in [2.24, 2.45) is 0 Å². The minimum absolute atomic E-state index is 0.370. The third kappa shape index (κ3) is 2.28. The Balaban J connectivity index is 2.30. The average Bonchev–Trinajstić information content (AvgIpc) is 2.39. The summed E-state index contributed by atoms with van der Waals surface area (Å²) < 4.78 is 0. The van der Waals surface area contributed by atoms with E-state index in [1.54, 1.807) is 18.5 Å². The van der Waals surface area contributed by atoms with E-state index in [1.165, 1.54) is 0 Å². The van der Waals surface area contributed by atoms with Crippen molar-refractivity contribution in [1.29, 1.82) is 0 Å². The summed E-state index contributed by atoms with van der Waals surface area (Å²) in [7, 11) is 0. The number of thiol groups is 1. The van der Waals surface area contributed by atoms with Gasteiger partial charge in [-0.1, -0.05) is 24.3 Å². The standard InChI is InChI=1S/C12H10N2OS/c15-8-11(16)9-2-4-10(5-3-9)12-13-6-1-7-14-12/h1-8,11,16H. The van der Waals surface area contributed by atoms with E-state index in [-0.39, 0.29) is 5.25 Å². The Bertz CT molecular complexity index is 470. The first kappa shape index (κ1) is 10.8. The van der Waals surface area contributed by atoms with Gasteiger partial charge in [0, 0.05) is 18.0 Å². The van der Waals surface area contributed by atoms with E-state index in [9.17, 15) is 4.79 Å². The maximum absolute atomic E-state index is 10.6. The van der Waals surface area contributed by atoms with Gasteiger partial charge in [0.05, 0.1) is 5.25 Å². The molecule has 4 heteroatoms. The zero-order valence-electron chi connectivity index (χ0n) is 8.45. The van der Waals surface area contributed by atoms with Crippen LogP contribution in [-0.2, 0) is 4.79 Å². The molecule has 2 aromatic rings. The van der Waals surface area contributed by atoms with Crippen LogP contribution in [0.25, 0.3) is 11.4 Å². The first-order valence-corrected chi connectivity index (χ1v) is 5.33. The van der Waals surface area contributed by atoms with Crippen molar-refractivity contribution < 1.29 is 4.79 Å². The second-order valence-corrected chi connectivity index (χ2v) is 3.83. The molecule has 1 heterocycles. The third-order valence-corrected chi connectivity index (χ3v) is 2.62. The van der Waals surface area contributed by atoms with Crippen molar-refractivity contribution in [2.75, 3.05) is 0 Å². The Morgan fingerprint density at radius 1 is 1.12 bits per heavy atom. The van der Waals surface area contributed by atoms with Crippen LogP contribution in [0.5, 0.6) is 0 Å². The van der Waals surface area contributed by atoms with Gasteiger partial charge >= 0.3 is 0 Å². The minimum Gasteiger partial charge on any atom is -0.302 e. The lowest BCUT2D eigenvalue weighted by molar-refractivity contribution is -0.107. The molecule has 0 amide bonds. The number of benzene rings is 1. The van der Waals surface area contributed by atoms with Crippen molar-refractivity contribution in [3.8, 4) is 11.4 Å². The van der Waals surface area contributed by atoms with Crippen LogP contribution in [-0.4, -0.2) is 16.3 Å². The molecule has 80 valence electrons. The number of hydrogen-bond donors (Lipinski definition) is 1. The molecule has 0 radical (unpaired) electrons. The second-order valence-electron chi connectivity index (χ2n) is 3.28. The molecule has 1 aromatic carbocycles. The van der Waals surface area contributed by atoms with Gasteiger partial charge in [-0.15, -0.1) is 0 Å². The van der Waals surface area contributed by atoms with Crippen molar-refractivity contribution in [3.63, 3.8) is 0 Å². The Hall–Kier alpha value is -1.68. The normalized spacial score (nSPS) is 12.1. The fourth-order valence-electron chi connectivity index (χ4n) is 1.36. The quantitative estimate of drug-likeness (QED) is 0.650. The summed E-state index contributed by atoms with van der Waals surface area (Å²) in [6.07, 6.45) is 4.20. The monoisotopic (exact) mass is 230 g/mol. The molecule has 1 atom stereocenters. The van der Waals surface area contributed by atoms with Crippen molar-refractivity contribution >= 4 is 18.9 Å². The van der Waals surface area contributed by atoms with Crippen LogP contribution in [0.2, 0.25) is 0 Å². The van der Waals surface area contributed by atoms with Crippen LogP contribution in [0.1, 0.15) is 10.8 Å². The van der Waals surface area contributed by atoms with E-state index in [0.717, 1.165) is 17.4 Å². The molecule has 3 nitrogen and oxygen atoms in total. The van der Waals surface area contributed by atoms with Gasteiger partial charge in [0.25, 0.3) is 0 Å². The van der Waals surface area contributed by atoms with E-state index in [2.05, 4.69) is 22.6 Å². The van der Waals surface area contributed by atoms with Gasteiger partial charge in [0.15, 0.2) is 5.82 Å². The van der Waals surface area contributed by atoms with Crippen LogP contribution < -0.4 is 0 Å². The van der Waals surface area contributed by atoms with E-state index in [4.69, 9.17) is 0 Å². The Labute approximate surface area is 99.0 Å². The van der Waals surface area contributed by atoms with Gasteiger partial charge in [0.2, 0.25) is 0 Å². The molecule has 2 rings (SSSR count). The smallest absolute Gasteiger partial charge is 0.159 e. The highest BCUT2D eigenvalue weighted by Gasteiger charge is 2.05. The maximum Gasteiger partial charge on any atom is 0.159 e. The highest BCUT2D eigenvalue weighted by Crippen LogP contribution is 2.21. The summed E-state index contributed by atoms with van der Waals surface area (Å²) in [5.74, 6) is 0.677. The molecule has 1 aromatic heterocycles. The predicted molar refractivity (Wildman–Crippen MR) is 65.3 cm³/mol. The lowest BCUT2D eigenvalue weighted by Crippen LogP contribution is -1.92. The fraction of sp³-hybridized carbons (Fsp3) is 0.0833. The fourth-order valence-corrected chi connectivity index (χ4v) is 1.53. The maximum atomic E-state index is 10.6. The van der Waals surface area contributed by atoms with E-state index < -0.39 is 0 Å². The van der Waals surface area contributed by atoms with Crippen LogP contribution in [0.4, 0.5) is 0 Å². The molecule has 0 spiro atoms. The molecular formula is C12H10N2OS. The Kier molecular flexibility index (Phi) is 3.31. The lowest BCUT2D eigenvalue weighted by Gasteiger charge is -2.04. The molecule has 0 aliphatic rings. The third-order valence-electron chi connectivity index (χ3n) is 2.21. The van der Waals surface area contributed by atoms with Gasteiger partial charge in [-0.3, -0.25) is 0 Å². The van der Waals surface area contributed by atoms with Gasteiger partial charge in [-0.2, -0.15) is 12.6 Å². The van der Waals surface area contributed by atoms with Crippen molar-refractivity contribution in [2.45, 2.75) is 5.25 Å². The number of rotatable bonds is 3. The molecule has 0 aliphatic heterocycles. The number of hydrogen-bond acceptors (Lipinski definition) is 4. The Morgan fingerprint density at radius 3 is 2.31 bits per heavy atom. The molecule has 0 saturated carbocycles. The predicted octanol–water partition coefficient (Wildman–Crippen LogP) is 2.31. The SMILES string of the molecule is O=CC(S)c1ccc(-c2ncccn2)cc1. The van der Waals surface area contributed by atoms with Crippen molar-refractivity contribution in [1.82, 2.24) is 9.97 Å². The molecule has 16 heavy (non-hydrogen) atoms. The van der Waals surface area contributed by atoms with E-state index >= 15 is 0 Å². The Morgan fingerprint density at radius 2 is 1.75 bits per heavy atom. The molecule has 0 bridgehead atoms. The average molecular weight is 230 g/mol. The summed E-state index contributed by atoms with van der Waals surface area (Å²) in [5, 5.41) is -0.370. The second kappa shape index (κ2) is 4.90. The molecule has 0 fully saturated rings. The molecule has 0 aliphatic carbocycles. The number of aromatic nitrogens is 2.